The first-order valence-electron chi connectivity index (χ1n) is 7.16. The number of carbonyl (C=O) groups excluding carboxylic acids is 1. The minimum Gasteiger partial charge on any atom is -0.339 e. The van der Waals surface area contributed by atoms with Crippen LogP contribution in [0.15, 0.2) is 16.8 Å². The Balaban J connectivity index is 1.85. The van der Waals surface area contributed by atoms with Crippen LogP contribution < -0.4 is 0 Å². The molecule has 1 aliphatic rings. The molecule has 1 fully saturated rings. The van der Waals surface area contributed by atoms with E-state index in [0.29, 0.717) is 17.3 Å². The van der Waals surface area contributed by atoms with Crippen LogP contribution in [0.5, 0.6) is 0 Å². The van der Waals surface area contributed by atoms with Crippen LogP contribution in [-0.2, 0) is 0 Å². The van der Waals surface area contributed by atoms with Crippen molar-refractivity contribution in [1.82, 2.24) is 15.0 Å². The van der Waals surface area contributed by atoms with Gasteiger partial charge in [0, 0.05) is 19.3 Å². The van der Waals surface area contributed by atoms with Crippen LogP contribution in [0.4, 0.5) is 0 Å². The molecule has 2 aromatic heterocycles. The van der Waals surface area contributed by atoms with Gasteiger partial charge in [0.2, 0.25) is 0 Å². The van der Waals surface area contributed by atoms with Crippen molar-refractivity contribution in [3.63, 3.8) is 0 Å². The minimum atomic E-state index is 0.0342. The number of aromatic nitrogens is 2. The second-order valence-corrected chi connectivity index (χ2v) is 5.55. The smallest absolute Gasteiger partial charge is 0.257 e. The van der Waals surface area contributed by atoms with Gasteiger partial charge in [-0.1, -0.05) is 24.4 Å². The first-order valence-corrected chi connectivity index (χ1v) is 7.16. The lowest BCUT2D eigenvalue weighted by Gasteiger charge is -2.31. The Kier molecular flexibility index (Phi) is 3.42. The molecule has 1 amide bonds. The van der Waals surface area contributed by atoms with E-state index in [1.54, 1.807) is 6.20 Å². The third-order valence-electron chi connectivity index (χ3n) is 4.20. The summed E-state index contributed by atoms with van der Waals surface area (Å²) in [6.45, 7) is 1.85. The molecule has 0 unspecified atom stereocenters. The molecular formula is C15H19N3O2. The van der Waals surface area contributed by atoms with E-state index >= 15 is 0 Å². The van der Waals surface area contributed by atoms with E-state index < -0.39 is 0 Å². The summed E-state index contributed by atoms with van der Waals surface area (Å²) in [5.41, 5.74) is 1.86. The first kappa shape index (κ1) is 13.1. The Bertz CT molecular complexity index is 629. The second-order valence-electron chi connectivity index (χ2n) is 5.55. The van der Waals surface area contributed by atoms with Crippen LogP contribution in [0.3, 0.4) is 0 Å². The molecule has 2 aromatic rings. The summed E-state index contributed by atoms with van der Waals surface area (Å²) in [7, 11) is 1.89. The summed E-state index contributed by atoms with van der Waals surface area (Å²) in [5.74, 6) is 0.0342. The molecule has 5 nitrogen and oxygen atoms in total. The molecule has 1 saturated carbocycles. The van der Waals surface area contributed by atoms with Crippen LogP contribution in [0.1, 0.15) is 48.2 Å². The summed E-state index contributed by atoms with van der Waals surface area (Å²) in [5, 5.41) is 4.68. The van der Waals surface area contributed by atoms with Gasteiger partial charge < -0.3 is 9.42 Å². The predicted molar refractivity (Wildman–Crippen MR) is 75.5 cm³/mol. The van der Waals surface area contributed by atoms with Gasteiger partial charge in [-0.05, 0) is 25.8 Å². The highest BCUT2D eigenvalue weighted by molar-refractivity contribution is 5.97. The van der Waals surface area contributed by atoms with E-state index in [-0.39, 0.29) is 5.91 Å². The van der Waals surface area contributed by atoms with Gasteiger partial charge in [0.25, 0.3) is 11.6 Å². The highest BCUT2D eigenvalue weighted by atomic mass is 16.5. The lowest BCUT2D eigenvalue weighted by Crippen LogP contribution is -2.38. The maximum Gasteiger partial charge on any atom is 0.257 e. The van der Waals surface area contributed by atoms with Crippen molar-refractivity contribution in [3.8, 4) is 0 Å². The highest BCUT2D eigenvalue weighted by Gasteiger charge is 2.23. The van der Waals surface area contributed by atoms with E-state index in [2.05, 4.69) is 10.1 Å². The van der Waals surface area contributed by atoms with Gasteiger partial charge in [0.15, 0.2) is 0 Å². The van der Waals surface area contributed by atoms with Crippen molar-refractivity contribution in [1.29, 1.82) is 0 Å². The molecule has 0 bridgehead atoms. The third kappa shape index (κ3) is 2.28. The molecule has 0 spiro atoms. The number of amides is 1. The van der Waals surface area contributed by atoms with Crippen LogP contribution in [0.2, 0.25) is 0 Å². The lowest BCUT2D eigenvalue weighted by atomic mass is 9.94. The molecule has 0 N–H and O–H groups in total. The first-order chi connectivity index (χ1) is 9.66. The van der Waals surface area contributed by atoms with E-state index in [1.165, 1.54) is 19.3 Å². The highest BCUT2D eigenvalue weighted by Crippen LogP contribution is 2.24. The van der Waals surface area contributed by atoms with E-state index in [1.807, 2.05) is 24.9 Å². The molecule has 0 aromatic carbocycles. The molecule has 20 heavy (non-hydrogen) atoms. The van der Waals surface area contributed by atoms with Gasteiger partial charge in [0.05, 0.1) is 16.6 Å². The molecule has 5 heteroatoms. The summed E-state index contributed by atoms with van der Waals surface area (Å²) < 4.78 is 5.07. The van der Waals surface area contributed by atoms with Gasteiger partial charge in [-0.3, -0.25) is 4.79 Å². The van der Waals surface area contributed by atoms with Crippen molar-refractivity contribution in [3.05, 3.63) is 23.5 Å². The number of hydrogen-bond donors (Lipinski definition) is 0. The van der Waals surface area contributed by atoms with Crippen LogP contribution in [-0.4, -0.2) is 34.0 Å². The fraction of sp³-hybridized carbons (Fsp3) is 0.533. The van der Waals surface area contributed by atoms with Gasteiger partial charge >= 0.3 is 0 Å². The van der Waals surface area contributed by atoms with Gasteiger partial charge in [-0.15, -0.1) is 0 Å². The SMILES string of the molecule is Cc1noc2ncc(C(=O)N(C)C3CCCCC3)cc12. The molecule has 0 aliphatic heterocycles. The number of nitrogens with zero attached hydrogens (tertiary/aromatic N) is 3. The number of pyridine rings is 1. The van der Waals surface area contributed by atoms with Gasteiger partial charge in [-0.2, -0.15) is 0 Å². The maximum atomic E-state index is 12.6. The van der Waals surface area contributed by atoms with Crippen LogP contribution in [0.25, 0.3) is 11.1 Å². The zero-order chi connectivity index (χ0) is 14.1. The van der Waals surface area contributed by atoms with E-state index in [0.717, 1.165) is 23.9 Å². The molecule has 2 heterocycles. The predicted octanol–water partition coefficient (Wildman–Crippen LogP) is 2.94. The Hall–Kier alpha value is -1.91. The quantitative estimate of drug-likeness (QED) is 0.844. The molecule has 0 saturated heterocycles. The molecular weight excluding hydrogens is 254 g/mol. The number of carbonyl (C=O) groups is 1. The summed E-state index contributed by atoms with van der Waals surface area (Å²) in [6.07, 6.45) is 7.49. The second kappa shape index (κ2) is 5.23. The van der Waals surface area contributed by atoms with Gasteiger partial charge in [0.1, 0.15) is 0 Å². The number of rotatable bonds is 2. The molecule has 0 atom stereocenters. The van der Waals surface area contributed by atoms with Gasteiger partial charge in [-0.25, -0.2) is 4.98 Å². The molecule has 1 aliphatic carbocycles. The largest absolute Gasteiger partial charge is 0.339 e. The van der Waals surface area contributed by atoms with Crippen molar-refractivity contribution in [2.45, 2.75) is 45.1 Å². The summed E-state index contributed by atoms with van der Waals surface area (Å²) >= 11 is 0. The minimum absolute atomic E-state index is 0.0342. The van der Waals surface area contributed by atoms with E-state index in [4.69, 9.17) is 4.52 Å². The Morgan fingerprint density at radius 1 is 1.35 bits per heavy atom. The summed E-state index contributed by atoms with van der Waals surface area (Å²) in [4.78, 5) is 18.6. The van der Waals surface area contributed by atoms with Crippen molar-refractivity contribution in [2.24, 2.45) is 0 Å². The Morgan fingerprint density at radius 3 is 2.85 bits per heavy atom. The number of aryl methyl sites for hydroxylation is 1. The molecule has 0 radical (unpaired) electrons. The zero-order valence-corrected chi connectivity index (χ0v) is 11.9. The zero-order valence-electron chi connectivity index (χ0n) is 11.9. The standard InChI is InChI=1S/C15H19N3O2/c1-10-13-8-11(9-16-14(13)20-17-10)15(19)18(2)12-6-4-3-5-7-12/h8-9,12H,3-7H2,1-2H3. The average Bonchev–Trinajstić information content (AvgIpc) is 2.87. The fourth-order valence-corrected chi connectivity index (χ4v) is 2.90. The topological polar surface area (TPSA) is 59.2 Å². The fourth-order valence-electron chi connectivity index (χ4n) is 2.90. The number of hydrogen-bond acceptors (Lipinski definition) is 4. The van der Waals surface area contributed by atoms with Crippen molar-refractivity contribution >= 4 is 17.0 Å². The molecule has 106 valence electrons. The normalized spacial score (nSPS) is 16.5. The van der Waals surface area contributed by atoms with Crippen LogP contribution >= 0.6 is 0 Å². The van der Waals surface area contributed by atoms with Crippen LogP contribution in [0, 0.1) is 6.92 Å². The average molecular weight is 273 g/mol. The Morgan fingerprint density at radius 2 is 2.10 bits per heavy atom. The maximum absolute atomic E-state index is 12.6. The number of fused-ring (bicyclic) bond motifs is 1. The monoisotopic (exact) mass is 273 g/mol. The molecule has 3 rings (SSSR count). The Labute approximate surface area is 117 Å². The third-order valence-corrected chi connectivity index (χ3v) is 4.20. The van der Waals surface area contributed by atoms with E-state index in [9.17, 15) is 4.79 Å². The van der Waals surface area contributed by atoms with Crippen molar-refractivity contribution in [2.75, 3.05) is 7.05 Å². The lowest BCUT2D eigenvalue weighted by molar-refractivity contribution is 0.0696. The summed E-state index contributed by atoms with van der Waals surface area (Å²) in [6, 6.07) is 2.19. The van der Waals surface area contributed by atoms with Crippen molar-refractivity contribution < 1.29 is 9.32 Å².